The molecule has 0 radical (unpaired) electrons. The van der Waals surface area contributed by atoms with Crippen LogP contribution >= 0.6 is 0 Å². The Labute approximate surface area is 225 Å². The van der Waals surface area contributed by atoms with Crippen molar-refractivity contribution in [2.75, 3.05) is 69.1 Å². The van der Waals surface area contributed by atoms with Crippen LogP contribution in [-0.4, -0.2) is 95.2 Å². The Morgan fingerprint density at radius 1 is 1.00 bits per heavy atom. The summed E-state index contributed by atoms with van der Waals surface area (Å²) in [6.45, 7) is 11.1. The molecule has 3 aromatic rings. The van der Waals surface area contributed by atoms with Crippen LogP contribution in [-0.2, 0) is 4.79 Å². The fourth-order valence-electron chi connectivity index (χ4n) is 6.30. The maximum atomic E-state index is 13.1. The fourth-order valence-corrected chi connectivity index (χ4v) is 6.30. The van der Waals surface area contributed by atoms with Crippen molar-refractivity contribution in [1.29, 1.82) is 0 Å². The second-order valence-corrected chi connectivity index (χ2v) is 10.8. The molecule has 1 amide bonds. The highest BCUT2D eigenvalue weighted by atomic mass is 16.2. The van der Waals surface area contributed by atoms with Gasteiger partial charge in [-0.05, 0) is 56.5 Å². The van der Waals surface area contributed by atoms with E-state index < -0.39 is 0 Å². The molecule has 2 aromatic heterocycles. The van der Waals surface area contributed by atoms with E-state index in [0.717, 1.165) is 95.9 Å². The van der Waals surface area contributed by atoms with Crippen LogP contribution in [0.5, 0.6) is 0 Å². The topological polar surface area (TPSA) is 81.6 Å². The zero-order valence-corrected chi connectivity index (χ0v) is 22.5. The molecule has 4 heterocycles. The molecule has 38 heavy (non-hydrogen) atoms. The van der Waals surface area contributed by atoms with Crippen LogP contribution in [0.15, 0.2) is 42.7 Å². The third-order valence-electron chi connectivity index (χ3n) is 8.60. The summed E-state index contributed by atoms with van der Waals surface area (Å²) >= 11 is 0. The van der Waals surface area contributed by atoms with E-state index in [4.69, 9.17) is 4.98 Å². The normalized spacial score (nSPS) is 23.1. The van der Waals surface area contributed by atoms with Gasteiger partial charge in [0.2, 0.25) is 11.9 Å². The van der Waals surface area contributed by atoms with Crippen LogP contribution in [0.1, 0.15) is 32.6 Å². The van der Waals surface area contributed by atoms with E-state index in [2.05, 4.69) is 72.3 Å². The zero-order chi connectivity index (χ0) is 25.9. The van der Waals surface area contributed by atoms with E-state index in [1.807, 2.05) is 12.3 Å². The lowest BCUT2D eigenvalue weighted by molar-refractivity contribution is -0.138. The van der Waals surface area contributed by atoms with Crippen LogP contribution in [0.25, 0.3) is 16.7 Å². The lowest BCUT2D eigenvalue weighted by Crippen LogP contribution is -2.50. The lowest BCUT2D eigenvalue weighted by atomic mass is 9.85. The van der Waals surface area contributed by atoms with Crippen molar-refractivity contribution in [3.63, 3.8) is 0 Å². The van der Waals surface area contributed by atoms with Gasteiger partial charge in [0.1, 0.15) is 5.82 Å². The Bertz CT molecular complexity index is 1240. The van der Waals surface area contributed by atoms with Gasteiger partial charge in [-0.1, -0.05) is 13.0 Å². The van der Waals surface area contributed by atoms with Crippen molar-refractivity contribution < 1.29 is 4.79 Å². The molecule has 9 nitrogen and oxygen atoms in total. The molecule has 1 saturated carbocycles. The molecule has 0 bridgehead atoms. The third-order valence-corrected chi connectivity index (χ3v) is 8.60. The summed E-state index contributed by atoms with van der Waals surface area (Å²) in [5, 5.41) is 8.25. The number of nitrogens with zero attached hydrogens (tertiary/aromatic N) is 6. The van der Waals surface area contributed by atoms with Crippen molar-refractivity contribution in [2.45, 2.75) is 38.6 Å². The number of fused-ring (bicyclic) bond motifs is 1. The van der Waals surface area contributed by atoms with Gasteiger partial charge < -0.3 is 29.9 Å². The summed E-state index contributed by atoms with van der Waals surface area (Å²) < 4.78 is 2.15. The second kappa shape index (κ2) is 11.3. The highest BCUT2D eigenvalue weighted by Gasteiger charge is 2.31. The maximum Gasteiger partial charge on any atom is 0.225 e. The number of hydrogen-bond acceptors (Lipinski definition) is 7. The number of carbonyl (C=O) groups excluding carboxylic acids is 1. The highest BCUT2D eigenvalue weighted by Crippen LogP contribution is 2.31. The average molecular weight is 517 g/mol. The van der Waals surface area contributed by atoms with Gasteiger partial charge in [0.05, 0.1) is 5.52 Å². The Hall–Kier alpha value is -3.17. The number of likely N-dealkylation sites (N-methyl/N-ethyl adjacent to an activating group) is 1. The Morgan fingerprint density at radius 2 is 1.79 bits per heavy atom. The van der Waals surface area contributed by atoms with Crippen LogP contribution in [0.2, 0.25) is 0 Å². The predicted octanol–water partition coefficient (Wildman–Crippen LogP) is 2.96. The monoisotopic (exact) mass is 516 g/mol. The van der Waals surface area contributed by atoms with Crippen LogP contribution in [0, 0.1) is 5.92 Å². The molecule has 0 unspecified atom stereocenters. The van der Waals surface area contributed by atoms with E-state index >= 15 is 0 Å². The number of piperazine rings is 2. The van der Waals surface area contributed by atoms with E-state index in [9.17, 15) is 4.79 Å². The number of anilines is 2. The smallest absolute Gasteiger partial charge is 0.225 e. The van der Waals surface area contributed by atoms with Gasteiger partial charge in [-0.3, -0.25) is 4.79 Å². The van der Waals surface area contributed by atoms with Crippen LogP contribution in [0.3, 0.4) is 0 Å². The van der Waals surface area contributed by atoms with E-state index in [1.165, 1.54) is 11.1 Å². The minimum Gasteiger partial charge on any atom is -0.368 e. The minimum atomic E-state index is 0.157. The van der Waals surface area contributed by atoms with Crippen LogP contribution < -0.4 is 15.5 Å². The van der Waals surface area contributed by atoms with Gasteiger partial charge in [0.15, 0.2) is 0 Å². The number of amides is 1. The van der Waals surface area contributed by atoms with Gasteiger partial charge in [0.25, 0.3) is 0 Å². The fraction of sp³-hybridized carbons (Fsp3) is 0.552. The summed E-state index contributed by atoms with van der Waals surface area (Å²) in [7, 11) is 0. The molecular weight excluding hydrogens is 476 g/mol. The van der Waals surface area contributed by atoms with Gasteiger partial charge >= 0.3 is 0 Å². The molecule has 0 spiro atoms. The second-order valence-electron chi connectivity index (χ2n) is 10.8. The highest BCUT2D eigenvalue weighted by molar-refractivity contribution is 5.94. The van der Waals surface area contributed by atoms with E-state index in [1.54, 1.807) is 0 Å². The lowest BCUT2D eigenvalue weighted by Gasteiger charge is -2.37. The van der Waals surface area contributed by atoms with Crippen molar-refractivity contribution in [2.24, 2.45) is 5.92 Å². The first-order valence-electron chi connectivity index (χ1n) is 14.4. The first kappa shape index (κ1) is 25.1. The summed E-state index contributed by atoms with van der Waals surface area (Å²) in [6, 6.07) is 11.0. The number of carbonyl (C=O) groups is 1. The first-order chi connectivity index (χ1) is 18.7. The van der Waals surface area contributed by atoms with Crippen molar-refractivity contribution >= 4 is 28.4 Å². The number of hydrogen-bond donors (Lipinski definition) is 2. The minimum absolute atomic E-state index is 0.157. The van der Waals surface area contributed by atoms with Crippen molar-refractivity contribution in [3.8, 4) is 5.82 Å². The molecule has 3 aliphatic rings. The maximum absolute atomic E-state index is 13.1. The van der Waals surface area contributed by atoms with Crippen molar-refractivity contribution in [3.05, 3.63) is 42.7 Å². The van der Waals surface area contributed by atoms with E-state index in [0.29, 0.717) is 17.9 Å². The Morgan fingerprint density at radius 3 is 2.55 bits per heavy atom. The van der Waals surface area contributed by atoms with Gasteiger partial charge in [-0.15, -0.1) is 0 Å². The summed E-state index contributed by atoms with van der Waals surface area (Å²) in [5.74, 6) is 2.04. The first-order valence-corrected chi connectivity index (χ1v) is 14.4. The quantitative estimate of drug-likeness (QED) is 0.521. The van der Waals surface area contributed by atoms with Gasteiger partial charge in [-0.2, -0.15) is 4.98 Å². The van der Waals surface area contributed by atoms with Gasteiger partial charge in [-0.25, -0.2) is 4.98 Å². The molecule has 3 fully saturated rings. The molecule has 6 rings (SSSR count). The number of rotatable bonds is 6. The SMILES string of the molecule is CCN1CCN(C(=O)C2CCC(Nc3nccc(-n4ccc5c(N6CCNCC6)cccc54)n3)CC2)CC1. The Balaban J connectivity index is 1.09. The molecule has 2 N–H and O–H groups in total. The summed E-state index contributed by atoms with van der Waals surface area (Å²) in [5.41, 5.74) is 2.44. The molecule has 202 valence electrons. The molecule has 2 saturated heterocycles. The Kier molecular flexibility index (Phi) is 7.47. The van der Waals surface area contributed by atoms with E-state index in [-0.39, 0.29) is 5.92 Å². The van der Waals surface area contributed by atoms with Gasteiger partial charge in [0, 0.05) is 87.8 Å². The standard InChI is InChI=1S/C29H40N8O/c1-2-34-18-20-36(21-19-34)28(38)22-6-8-23(9-7-22)32-29-31-12-10-27(33-29)37-15-11-24-25(4-3-5-26(24)37)35-16-13-30-14-17-35/h3-5,10-12,15,22-23,30H,2,6-9,13-14,16-21H2,1H3,(H,31,32,33). The molecule has 1 aliphatic carbocycles. The molecule has 0 atom stereocenters. The molecule has 9 heteroatoms. The molecular formula is C29H40N8O. The predicted molar refractivity (Wildman–Crippen MR) is 152 cm³/mol. The number of aromatic nitrogens is 3. The number of benzene rings is 1. The molecule has 2 aliphatic heterocycles. The summed E-state index contributed by atoms with van der Waals surface area (Å²) in [4.78, 5) is 29.5. The number of nitrogens with one attached hydrogen (secondary N) is 2. The average Bonchev–Trinajstić information content (AvgIpc) is 3.42. The largest absolute Gasteiger partial charge is 0.368 e. The summed E-state index contributed by atoms with van der Waals surface area (Å²) in [6.07, 6.45) is 7.75. The van der Waals surface area contributed by atoms with Crippen LogP contribution in [0.4, 0.5) is 11.6 Å². The third kappa shape index (κ3) is 5.22. The molecule has 1 aromatic carbocycles. The van der Waals surface area contributed by atoms with Crippen molar-refractivity contribution in [1.82, 2.24) is 29.7 Å². The zero-order valence-electron chi connectivity index (χ0n) is 22.5.